The van der Waals surface area contributed by atoms with Crippen LogP contribution in [0.5, 0.6) is 11.5 Å². The number of benzene rings is 3. The van der Waals surface area contributed by atoms with E-state index >= 15 is 0 Å². The molecule has 3 aromatic rings. The minimum Gasteiger partial charge on any atom is -0.497 e. The summed E-state index contributed by atoms with van der Waals surface area (Å²) in [6, 6.07) is 29.2. The van der Waals surface area contributed by atoms with E-state index < -0.39 is 14.1 Å². The first-order valence-corrected chi connectivity index (χ1v) is 18.4. The molecule has 0 aliphatic carbocycles. The average molecular weight is 657 g/mol. The minimum absolute atomic E-state index is 0.281. The van der Waals surface area contributed by atoms with Crippen molar-refractivity contribution < 1.29 is 23.3 Å². The van der Waals surface area contributed by atoms with Crippen LogP contribution in [-0.4, -0.2) is 62.3 Å². The Hall–Kier alpha value is -2.28. The molecule has 0 aromatic heterocycles. The van der Waals surface area contributed by atoms with Crippen LogP contribution in [0, 0.1) is 11.3 Å². The molecular formula is C34H45N2O5PS2. The fourth-order valence-corrected chi connectivity index (χ4v) is 8.25. The van der Waals surface area contributed by atoms with Crippen molar-refractivity contribution in [2.75, 3.05) is 45.5 Å². The van der Waals surface area contributed by atoms with Crippen LogP contribution >= 0.6 is 30.1 Å². The molecule has 0 aliphatic heterocycles. The maximum atomic E-state index is 8.94. The Morgan fingerprint density at radius 3 is 1.66 bits per heavy atom. The number of hydrogen-bond acceptors (Lipinski definition) is 9. The Bertz CT molecular complexity index is 1200. The van der Waals surface area contributed by atoms with Crippen molar-refractivity contribution in [2.24, 2.45) is 0 Å². The highest BCUT2D eigenvalue weighted by molar-refractivity contribution is 8.76. The summed E-state index contributed by atoms with van der Waals surface area (Å²) < 4.78 is 32.3. The quantitative estimate of drug-likeness (QED) is 0.0514. The van der Waals surface area contributed by atoms with Gasteiger partial charge in [-0.3, -0.25) is 0 Å². The van der Waals surface area contributed by atoms with Gasteiger partial charge in [-0.1, -0.05) is 76.2 Å². The molecule has 0 heterocycles. The van der Waals surface area contributed by atoms with Gasteiger partial charge in [-0.05, 0) is 68.7 Å². The third-order valence-corrected chi connectivity index (χ3v) is 11.2. The number of ether oxygens (including phenoxy) is 3. The third-order valence-electron chi connectivity index (χ3n) is 6.77. The van der Waals surface area contributed by atoms with Crippen molar-refractivity contribution in [3.8, 4) is 17.6 Å². The van der Waals surface area contributed by atoms with Crippen LogP contribution < -0.4 is 9.47 Å². The van der Waals surface area contributed by atoms with E-state index in [2.05, 4.69) is 74.8 Å². The zero-order valence-corrected chi connectivity index (χ0v) is 29.1. The van der Waals surface area contributed by atoms with Gasteiger partial charge in [0, 0.05) is 23.6 Å². The molecule has 10 heteroatoms. The summed E-state index contributed by atoms with van der Waals surface area (Å²) in [5.41, 5.74) is 2.27. The van der Waals surface area contributed by atoms with Gasteiger partial charge < -0.3 is 23.3 Å². The van der Waals surface area contributed by atoms with Gasteiger partial charge in [-0.15, -0.1) is 0 Å². The summed E-state index contributed by atoms with van der Waals surface area (Å²) >= 11 is 0. The summed E-state index contributed by atoms with van der Waals surface area (Å²) in [7, 11) is 5.65. The van der Waals surface area contributed by atoms with Gasteiger partial charge in [0.1, 0.15) is 17.1 Å². The maximum Gasteiger partial charge on any atom is 0.259 e. The molecule has 238 valence electrons. The van der Waals surface area contributed by atoms with E-state index in [-0.39, 0.29) is 12.1 Å². The average Bonchev–Trinajstić information content (AvgIpc) is 3.04. The maximum absolute atomic E-state index is 8.94. The Morgan fingerprint density at radius 2 is 1.18 bits per heavy atom. The second-order valence-electron chi connectivity index (χ2n) is 10.4. The van der Waals surface area contributed by atoms with E-state index in [4.69, 9.17) is 28.5 Å². The zero-order chi connectivity index (χ0) is 31.8. The van der Waals surface area contributed by atoms with E-state index in [1.807, 2.05) is 42.5 Å². The molecule has 0 amide bonds. The highest BCUT2D eigenvalue weighted by Gasteiger charge is 2.37. The van der Waals surface area contributed by atoms with Crippen molar-refractivity contribution in [2.45, 2.75) is 51.8 Å². The number of nitrogens with zero attached hydrogens (tertiary/aromatic N) is 2. The van der Waals surface area contributed by atoms with Crippen molar-refractivity contribution in [1.82, 2.24) is 4.67 Å². The number of hydrogen-bond donors (Lipinski definition) is 0. The van der Waals surface area contributed by atoms with Crippen LogP contribution in [0.15, 0.2) is 78.9 Å². The number of nitriles is 1. The van der Waals surface area contributed by atoms with Crippen LogP contribution in [0.1, 0.15) is 50.8 Å². The molecular weight excluding hydrogens is 611 g/mol. The predicted octanol–water partition coefficient (Wildman–Crippen LogP) is 8.69. The van der Waals surface area contributed by atoms with Crippen molar-refractivity contribution in [1.29, 1.82) is 5.26 Å². The highest BCUT2D eigenvalue weighted by atomic mass is 33.1. The largest absolute Gasteiger partial charge is 0.497 e. The summed E-state index contributed by atoms with van der Waals surface area (Å²) in [4.78, 5) is 0. The summed E-state index contributed by atoms with van der Waals surface area (Å²) in [6.07, 6.45) is 0.356. The number of rotatable bonds is 20. The van der Waals surface area contributed by atoms with E-state index in [1.54, 1.807) is 35.8 Å². The molecule has 0 aliphatic rings. The lowest BCUT2D eigenvalue weighted by Crippen LogP contribution is -2.33. The van der Waals surface area contributed by atoms with Gasteiger partial charge >= 0.3 is 0 Å². The smallest absolute Gasteiger partial charge is 0.259 e. The first-order chi connectivity index (χ1) is 21.4. The normalized spacial score (nSPS) is 12.5. The van der Waals surface area contributed by atoms with Gasteiger partial charge in [-0.25, -0.2) is 4.67 Å². The van der Waals surface area contributed by atoms with Gasteiger partial charge in [0.05, 0.1) is 46.5 Å². The molecule has 0 bridgehead atoms. The van der Waals surface area contributed by atoms with Crippen molar-refractivity contribution in [3.05, 3.63) is 95.6 Å². The molecule has 3 aromatic carbocycles. The van der Waals surface area contributed by atoms with Crippen LogP contribution in [0.3, 0.4) is 0 Å². The fourth-order valence-electron chi connectivity index (χ4n) is 4.88. The van der Waals surface area contributed by atoms with Crippen LogP contribution in [0.25, 0.3) is 0 Å². The molecule has 0 saturated heterocycles. The standard InChI is InChI=1S/C34H45N2O5PS2/c1-27(2)36(28(3)4)42(40-22-10-21-35)41-24-26-44-43-25-23-39-34(29-11-8-7-9-12-29,30-13-17-32(37-5)18-14-30)31-15-19-33(38-6)20-16-31/h7-9,11-20,27-28H,10,22-26H2,1-6H3. The minimum atomic E-state index is -1.23. The second-order valence-corrected chi connectivity index (χ2v) is 14.5. The molecule has 1 unspecified atom stereocenters. The van der Waals surface area contributed by atoms with E-state index in [1.165, 1.54) is 0 Å². The Kier molecular flexibility index (Phi) is 15.9. The molecule has 3 rings (SSSR count). The van der Waals surface area contributed by atoms with Gasteiger partial charge in [0.15, 0.2) is 0 Å². The van der Waals surface area contributed by atoms with Gasteiger partial charge in [0.2, 0.25) is 0 Å². The van der Waals surface area contributed by atoms with Crippen LogP contribution in [0.2, 0.25) is 0 Å². The Balaban J connectivity index is 1.68. The monoisotopic (exact) mass is 656 g/mol. The molecule has 0 spiro atoms. The summed E-state index contributed by atoms with van der Waals surface area (Å²) in [5.74, 6) is 3.20. The fraction of sp³-hybridized carbons (Fsp3) is 0.441. The van der Waals surface area contributed by atoms with Crippen molar-refractivity contribution in [3.63, 3.8) is 0 Å². The molecule has 7 nitrogen and oxygen atoms in total. The van der Waals surface area contributed by atoms with Gasteiger partial charge in [0.25, 0.3) is 8.53 Å². The van der Waals surface area contributed by atoms with Crippen molar-refractivity contribution >= 4 is 30.1 Å². The van der Waals surface area contributed by atoms with E-state index in [9.17, 15) is 0 Å². The summed E-state index contributed by atoms with van der Waals surface area (Å²) in [5, 5.41) is 8.94. The Labute approximate surface area is 272 Å². The lowest BCUT2D eigenvalue weighted by molar-refractivity contribution is 0.0233. The second kappa shape index (κ2) is 19.3. The van der Waals surface area contributed by atoms with Crippen LogP contribution in [0.4, 0.5) is 0 Å². The molecule has 1 atom stereocenters. The molecule has 44 heavy (non-hydrogen) atoms. The first kappa shape index (κ1) is 36.2. The zero-order valence-electron chi connectivity index (χ0n) is 26.6. The molecule has 0 saturated carbocycles. The SMILES string of the molecule is COc1ccc(C(OCCSSCCOP(OCCC#N)N(C(C)C)C(C)C)(c2ccccc2)c2ccc(OC)cc2)cc1. The topological polar surface area (TPSA) is 73.2 Å². The first-order valence-electron chi connectivity index (χ1n) is 14.8. The lowest BCUT2D eigenvalue weighted by atomic mass is 9.80. The molecule has 0 radical (unpaired) electrons. The lowest BCUT2D eigenvalue weighted by Gasteiger charge is -2.36. The molecule has 0 N–H and O–H groups in total. The third kappa shape index (κ3) is 10.1. The van der Waals surface area contributed by atoms with E-state index in [0.717, 1.165) is 39.7 Å². The molecule has 0 fully saturated rings. The van der Waals surface area contributed by atoms with E-state index in [0.29, 0.717) is 26.2 Å². The predicted molar refractivity (Wildman–Crippen MR) is 184 cm³/mol. The Morgan fingerprint density at radius 1 is 0.705 bits per heavy atom. The highest BCUT2D eigenvalue weighted by Crippen LogP contribution is 2.46. The van der Waals surface area contributed by atoms with Crippen LogP contribution in [-0.2, 0) is 19.4 Å². The number of methoxy groups -OCH3 is 2. The van der Waals surface area contributed by atoms with Gasteiger partial charge in [-0.2, -0.15) is 5.26 Å². The summed E-state index contributed by atoms with van der Waals surface area (Å²) in [6.45, 7) is 10.1.